The highest BCUT2D eigenvalue weighted by Crippen LogP contribution is 2.32. The maximum absolute atomic E-state index is 12.5. The molecule has 0 saturated heterocycles. The molecule has 2 N–H and O–H groups in total. The second kappa shape index (κ2) is 6.92. The van der Waals surface area contributed by atoms with Crippen molar-refractivity contribution in [2.75, 3.05) is 0 Å². The number of H-pyrrole nitrogens is 1. The van der Waals surface area contributed by atoms with Crippen LogP contribution in [0.25, 0.3) is 22.0 Å². The van der Waals surface area contributed by atoms with Crippen LogP contribution in [0.5, 0.6) is 0 Å². The zero-order valence-corrected chi connectivity index (χ0v) is 13.0. The number of aromatic nitrogens is 1. The molecule has 2 aromatic carbocycles. The van der Waals surface area contributed by atoms with Crippen molar-refractivity contribution in [2.24, 2.45) is 5.10 Å². The van der Waals surface area contributed by atoms with Gasteiger partial charge in [0.25, 0.3) is 5.91 Å². The van der Waals surface area contributed by atoms with Crippen LogP contribution in [0.2, 0.25) is 0 Å². The molecule has 23 heavy (non-hydrogen) atoms. The summed E-state index contributed by atoms with van der Waals surface area (Å²) in [7, 11) is 0. The van der Waals surface area contributed by atoms with Crippen LogP contribution >= 0.6 is 0 Å². The number of hydrogen-bond donors (Lipinski definition) is 2. The van der Waals surface area contributed by atoms with Gasteiger partial charge in [-0.05, 0) is 18.1 Å². The molecule has 0 aliphatic carbocycles. The Morgan fingerprint density at radius 1 is 1.13 bits per heavy atom. The van der Waals surface area contributed by atoms with Gasteiger partial charge in [-0.25, -0.2) is 5.43 Å². The number of nitrogens with one attached hydrogen (secondary N) is 2. The van der Waals surface area contributed by atoms with Crippen molar-refractivity contribution < 1.29 is 4.79 Å². The lowest BCUT2D eigenvalue weighted by atomic mass is 10.0. The Morgan fingerprint density at radius 2 is 1.87 bits per heavy atom. The van der Waals surface area contributed by atoms with E-state index in [1.807, 2.05) is 54.6 Å². The molecule has 4 nitrogen and oxygen atoms in total. The molecule has 116 valence electrons. The van der Waals surface area contributed by atoms with E-state index in [1.165, 1.54) is 0 Å². The van der Waals surface area contributed by atoms with E-state index in [0.29, 0.717) is 5.69 Å². The van der Waals surface area contributed by atoms with Gasteiger partial charge in [0.15, 0.2) is 0 Å². The average Bonchev–Trinajstić information content (AvgIpc) is 2.99. The van der Waals surface area contributed by atoms with E-state index in [9.17, 15) is 4.79 Å². The third-order valence-corrected chi connectivity index (χ3v) is 3.67. The normalized spacial score (nSPS) is 11.2. The number of amides is 1. The minimum atomic E-state index is -0.229. The Labute approximate surface area is 135 Å². The molecule has 0 aliphatic heterocycles. The lowest BCUT2D eigenvalue weighted by molar-refractivity contribution is 0.0951. The summed E-state index contributed by atoms with van der Waals surface area (Å²) in [5.41, 5.74) is 5.99. The number of carbonyl (C=O) groups is 1. The van der Waals surface area contributed by atoms with E-state index < -0.39 is 0 Å². The number of benzene rings is 2. The highest BCUT2D eigenvalue weighted by Gasteiger charge is 2.18. The predicted octanol–water partition coefficient (Wildman–Crippen LogP) is 4.35. The molecule has 1 amide bonds. The number of hydrazone groups is 1. The van der Waals surface area contributed by atoms with Crippen LogP contribution in [0.1, 0.15) is 30.3 Å². The van der Waals surface area contributed by atoms with Crippen LogP contribution in [0.4, 0.5) is 0 Å². The van der Waals surface area contributed by atoms with Crippen LogP contribution in [0, 0.1) is 0 Å². The van der Waals surface area contributed by atoms with Gasteiger partial charge in [0.2, 0.25) is 0 Å². The third-order valence-electron chi connectivity index (χ3n) is 3.67. The fraction of sp³-hybridized carbons (Fsp3) is 0.158. The molecule has 1 heterocycles. The SMILES string of the molecule is CCCC=NNC(=O)c1[nH]c2ccccc2c1-c1ccccc1. The van der Waals surface area contributed by atoms with Gasteiger partial charge in [0, 0.05) is 22.7 Å². The van der Waals surface area contributed by atoms with Gasteiger partial charge in [-0.1, -0.05) is 61.9 Å². The molecule has 3 rings (SSSR count). The maximum atomic E-state index is 12.5. The van der Waals surface area contributed by atoms with E-state index in [2.05, 4.69) is 22.4 Å². The van der Waals surface area contributed by atoms with Gasteiger partial charge in [0.05, 0.1) is 0 Å². The van der Waals surface area contributed by atoms with Crippen LogP contribution in [0.3, 0.4) is 0 Å². The topological polar surface area (TPSA) is 57.2 Å². The van der Waals surface area contributed by atoms with Crippen molar-refractivity contribution in [2.45, 2.75) is 19.8 Å². The standard InChI is InChI=1S/C19H19N3O/c1-2-3-13-20-22-19(23)18-17(14-9-5-4-6-10-14)15-11-7-8-12-16(15)21-18/h4-13,21H,2-3H2,1H3,(H,22,23). The van der Waals surface area contributed by atoms with E-state index in [1.54, 1.807) is 6.21 Å². The van der Waals surface area contributed by atoms with Crippen molar-refractivity contribution in [1.82, 2.24) is 10.4 Å². The zero-order valence-electron chi connectivity index (χ0n) is 13.0. The molecule has 4 heteroatoms. The maximum Gasteiger partial charge on any atom is 0.288 e. The third kappa shape index (κ3) is 3.16. The molecular formula is C19H19N3O. The first-order valence-electron chi connectivity index (χ1n) is 7.79. The van der Waals surface area contributed by atoms with Crippen molar-refractivity contribution in [1.29, 1.82) is 0 Å². The fourth-order valence-corrected chi connectivity index (χ4v) is 2.57. The molecule has 1 aromatic heterocycles. The van der Waals surface area contributed by atoms with Crippen molar-refractivity contribution in [3.63, 3.8) is 0 Å². The van der Waals surface area contributed by atoms with Gasteiger partial charge >= 0.3 is 0 Å². The minimum absolute atomic E-state index is 0.229. The largest absolute Gasteiger partial charge is 0.350 e. The monoisotopic (exact) mass is 305 g/mol. The number of para-hydroxylation sites is 1. The van der Waals surface area contributed by atoms with E-state index in [4.69, 9.17) is 0 Å². The molecule has 0 fully saturated rings. The summed E-state index contributed by atoms with van der Waals surface area (Å²) in [6.07, 6.45) is 3.57. The minimum Gasteiger partial charge on any atom is -0.350 e. The highest BCUT2D eigenvalue weighted by molar-refractivity contribution is 6.09. The Morgan fingerprint density at radius 3 is 2.65 bits per heavy atom. The number of carbonyl (C=O) groups excluding carboxylic acids is 1. The van der Waals surface area contributed by atoms with Crippen molar-refractivity contribution in [3.05, 3.63) is 60.3 Å². The Hall–Kier alpha value is -2.88. The summed E-state index contributed by atoms with van der Waals surface area (Å²) in [5.74, 6) is -0.229. The Balaban J connectivity index is 2.04. The number of rotatable bonds is 5. The fourth-order valence-electron chi connectivity index (χ4n) is 2.57. The van der Waals surface area contributed by atoms with Crippen molar-refractivity contribution >= 4 is 23.0 Å². The zero-order chi connectivity index (χ0) is 16.1. The van der Waals surface area contributed by atoms with E-state index >= 15 is 0 Å². The summed E-state index contributed by atoms with van der Waals surface area (Å²) in [6, 6.07) is 17.8. The first-order valence-corrected chi connectivity index (χ1v) is 7.79. The molecule has 0 radical (unpaired) electrons. The molecule has 3 aromatic rings. The Kier molecular flexibility index (Phi) is 4.52. The predicted molar refractivity (Wildman–Crippen MR) is 94.6 cm³/mol. The van der Waals surface area contributed by atoms with Crippen LogP contribution < -0.4 is 5.43 Å². The summed E-state index contributed by atoms with van der Waals surface area (Å²) >= 11 is 0. The summed E-state index contributed by atoms with van der Waals surface area (Å²) in [4.78, 5) is 15.7. The summed E-state index contributed by atoms with van der Waals surface area (Å²) < 4.78 is 0. The molecule has 0 unspecified atom stereocenters. The van der Waals surface area contributed by atoms with Gasteiger partial charge in [0.1, 0.15) is 5.69 Å². The smallest absolute Gasteiger partial charge is 0.288 e. The van der Waals surface area contributed by atoms with E-state index in [0.717, 1.165) is 34.9 Å². The summed E-state index contributed by atoms with van der Waals surface area (Å²) in [6.45, 7) is 2.07. The van der Waals surface area contributed by atoms with Crippen molar-refractivity contribution in [3.8, 4) is 11.1 Å². The molecule has 0 bridgehead atoms. The molecule has 0 spiro atoms. The quantitative estimate of drug-likeness (QED) is 0.534. The number of hydrogen-bond acceptors (Lipinski definition) is 2. The average molecular weight is 305 g/mol. The van der Waals surface area contributed by atoms with Gasteiger partial charge in [-0.2, -0.15) is 5.10 Å². The second-order valence-electron chi connectivity index (χ2n) is 5.33. The summed E-state index contributed by atoms with van der Waals surface area (Å²) in [5, 5.41) is 5.03. The number of nitrogens with zero attached hydrogens (tertiary/aromatic N) is 1. The molecular weight excluding hydrogens is 286 g/mol. The lowest BCUT2D eigenvalue weighted by Gasteiger charge is -2.04. The number of aromatic amines is 1. The molecule has 0 saturated carbocycles. The lowest BCUT2D eigenvalue weighted by Crippen LogP contribution is -2.18. The van der Waals surface area contributed by atoms with Gasteiger partial charge in [-0.15, -0.1) is 0 Å². The Bertz CT molecular complexity index is 834. The molecule has 0 aliphatic rings. The van der Waals surface area contributed by atoms with Gasteiger partial charge in [-0.3, -0.25) is 4.79 Å². The van der Waals surface area contributed by atoms with Crippen LogP contribution in [-0.4, -0.2) is 17.1 Å². The first kappa shape index (κ1) is 15.0. The van der Waals surface area contributed by atoms with E-state index in [-0.39, 0.29) is 5.91 Å². The van der Waals surface area contributed by atoms with Crippen LogP contribution in [0.15, 0.2) is 59.7 Å². The van der Waals surface area contributed by atoms with Gasteiger partial charge < -0.3 is 4.98 Å². The first-order chi connectivity index (χ1) is 11.3. The highest BCUT2D eigenvalue weighted by atomic mass is 16.2. The number of fused-ring (bicyclic) bond motifs is 1. The number of unbranched alkanes of at least 4 members (excludes halogenated alkanes) is 1. The second-order valence-corrected chi connectivity index (χ2v) is 5.33. The molecule has 0 atom stereocenters. The van der Waals surface area contributed by atoms with Crippen LogP contribution in [-0.2, 0) is 0 Å².